The summed E-state index contributed by atoms with van der Waals surface area (Å²) in [6.07, 6.45) is 0. The van der Waals surface area contributed by atoms with Crippen LogP contribution in [0, 0.1) is 0 Å². The summed E-state index contributed by atoms with van der Waals surface area (Å²) in [5, 5.41) is 6.39. The molecule has 0 radical (unpaired) electrons. The van der Waals surface area contributed by atoms with Gasteiger partial charge in [-0.1, -0.05) is 92.7 Å². The molecular weight excluding hydrogens is 442 g/mol. The molecule has 2 heteroatoms. The van der Waals surface area contributed by atoms with Crippen molar-refractivity contribution in [3.05, 3.63) is 120 Å². The standard InChI is InChI=1S/C33H25NS/c1-33(2)28-18-16-23(34-30-13-8-12-26-25-11-6-7-14-31(25)35-32(26)30)20-27(28)24-17-15-22(19-29(24)33)21-9-4-3-5-10-21/h3-20,34H,1-2H3. The van der Waals surface area contributed by atoms with Crippen molar-refractivity contribution in [2.45, 2.75) is 19.3 Å². The van der Waals surface area contributed by atoms with Gasteiger partial charge in [-0.15, -0.1) is 11.3 Å². The van der Waals surface area contributed by atoms with Crippen LogP contribution in [-0.2, 0) is 5.41 Å². The summed E-state index contributed by atoms with van der Waals surface area (Å²) >= 11 is 1.86. The number of hydrogen-bond acceptors (Lipinski definition) is 2. The van der Waals surface area contributed by atoms with Crippen molar-refractivity contribution in [3.8, 4) is 22.3 Å². The first kappa shape index (κ1) is 20.5. The number of nitrogens with one attached hydrogen (secondary N) is 1. The van der Waals surface area contributed by atoms with Gasteiger partial charge in [-0.2, -0.15) is 0 Å². The third-order valence-corrected chi connectivity index (χ3v) is 8.69. The topological polar surface area (TPSA) is 12.0 Å². The second-order valence-corrected chi connectivity index (χ2v) is 11.0. The Morgan fingerprint density at radius 3 is 2.29 bits per heavy atom. The highest BCUT2D eigenvalue weighted by atomic mass is 32.1. The fourth-order valence-electron chi connectivity index (χ4n) is 5.64. The number of anilines is 2. The summed E-state index contributed by atoms with van der Waals surface area (Å²) in [4.78, 5) is 0. The van der Waals surface area contributed by atoms with Crippen molar-refractivity contribution < 1.29 is 0 Å². The van der Waals surface area contributed by atoms with E-state index >= 15 is 0 Å². The third-order valence-electron chi connectivity index (χ3n) is 7.47. The van der Waals surface area contributed by atoms with E-state index in [2.05, 4.69) is 128 Å². The SMILES string of the molecule is CC1(C)c2ccc(Nc3cccc4c3sc3ccccc34)cc2-c2ccc(-c3ccccc3)cc21. The lowest BCUT2D eigenvalue weighted by Gasteiger charge is -2.22. The third kappa shape index (κ3) is 3.14. The van der Waals surface area contributed by atoms with Gasteiger partial charge >= 0.3 is 0 Å². The first-order valence-electron chi connectivity index (χ1n) is 12.1. The first-order valence-corrected chi connectivity index (χ1v) is 12.9. The molecule has 0 bridgehead atoms. The largest absolute Gasteiger partial charge is 0.354 e. The molecule has 5 aromatic carbocycles. The maximum atomic E-state index is 3.74. The molecule has 1 heterocycles. The van der Waals surface area contributed by atoms with Crippen molar-refractivity contribution in [2.75, 3.05) is 5.32 Å². The van der Waals surface area contributed by atoms with Crippen molar-refractivity contribution in [1.82, 2.24) is 0 Å². The van der Waals surface area contributed by atoms with Crippen LogP contribution in [0.3, 0.4) is 0 Å². The van der Waals surface area contributed by atoms with Crippen LogP contribution in [0.1, 0.15) is 25.0 Å². The summed E-state index contributed by atoms with van der Waals surface area (Å²) in [6.45, 7) is 4.69. The van der Waals surface area contributed by atoms with Crippen LogP contribution in [-0.4, -0.2) is 0 Å². The van der Waals surface area contributed by atoms with Gasteiger partial charge < -0.3 is 5.32 Å². The Bertz CT molecular complexity index is 1740. The molecule has 35 heavy (non-hydrogen) atoms. The van der Waals surface area contributed by atoms with Crippen molar-refractivity contribution in [2.24, 2.45) is 0 Å². The Kier molecular flexibility index (Phi) is 4.43. The van der Waals surface area contributed by atoms with E-state index in [1.165, 1.54) is 59.2 Å². The van der Waals surface area contributed by atoms with Gasteiger partial charge in [0.25, 0.3) is 0 Å². The maximum absolute atomic E-state index is 3.74. The van der Waals surface area contributed by atoms with Crippen LogP contribution in [0.15, 0.2) is 109 Å². The van der Waals surface area contributed by atoms with Gasteiger partial charge in [0.05, 0.1) is 10.4 Å². The Morgan fingerprint density at radius 1 is 0.600 bits per heavy atom. The molecule has 0 spiro atoms. The zero-order valence-corrected chi connectivity index (χ0v) is 20.6. The molecule has 0 fully saturated rings. The number of fused-ring (bicyclic) bond motifs is 6. The van der Waals surface area contributed by atoms with Crippen LogP contribution < -0.4 is 5.32 Å². The van der Waals surface area contributed by atoms with Gasteiger partial charge in [-0.3, -0.25) is 0 Å². The van der Waals surface area contributed by atoms with E-state index in [4.69, 9.17) is 0 Å². The predicted molar refractivity (Wildman–Crippen MR) is 152 cm³/mol. The average Bonchev–Trinajstić information content (AvgIpc) is 3.38. The van der Waals surface area contributed by atoms with Crippen LogP contribution in [0.5, 0.6) is 0 Å². The van der Waals surface area contributed by atoms with Gasteiger partial charge in [0.2, 0.25) is 0 Å². The van der Waals surface area contributed by atoms with Gasteiger partial charge in [0.1, 0.15) is 0 Å². The normalized spacial score (nSPS) is 13.7. The minimum absolute atomic E-state index is 0.0283. The lowest BCUT2D eigenvalue weighted by Crippen LogP contribution is -2.15. The highest BCUT2D eigenvalue weighted by molar-refractivity contribution is 7.26. The molecule has 0 atom stereocenters. The molecule has 1 aromatic heterocycles. The number of hydrogen-bond donors (Lipinski definition) is 1. The zero-order chi connectivity index (χ0) is 23.6. The molecule has 1 N–H and O–H groups in total. The van der Waals surface area contributed by atoms with E-state index in [-0.39, 0.29) is 5.41 Å². The minimum atomic E-state index is -0.0283. The summed E-state index contributed by atoms with van der Waals surface area (Å²) < 4.78 is 2.64. The van der Waals surface area contributed by atoms with Crippen molar-refractivity contribution >= 4 is 42.9 Å². The molecule has 1 nitrogen and oxygen atoms in total. The van der Waals surface area contributed by atoms with E-state index in [1.54, 1.807) is 0 Å². The minimum Gasteiger partial charge on any atom is -0.354 e. The van der Waals surface area contributed by atoms with Crippen LogP contribution >= 0.6 is 11.3 Å². The highest BCUT2D eigenvalue weighted by Crippen LogP contribution is 2.50. The Balaban J connectivity index is 1.31. The molecule has 0 aliphatic heterocycles. The fourth-order valence-corrected chi connectivity index (χ4v) is 6.81. The zero-order valence-electron chi connectivity index (χ0n) is 19.8. The Labute approximate surface area is 209 Å². The van der Waals surface area contributed by atoms with Gasteiger partial charge in [-0.05, 0) is 63.7 Å². The number of rotatable bonds is 3. The van der Waals surface area contributed by atoms with Crippen molar-refractivity contribution in [1.29, 1.82) is 0 Å². The Hall–Kier alpha value is -3.88. The van der Waals surface area contributed by atoms with Crippen LogP contribution in [0.2, 0.25) is 0 Å². The van der Waals surface area contributed by atoms with E-state index in [9.17, 15) is 0 Å². The number of thiophene rings is 1. The maximum Gasteiger partial charge on any atom is 0.0590 e. The van der Waals surface area contributed by atoms with Gasteiger partial charge in [0.15, 0.2) is 0 Å². The van der Waals surface area contributed by atoms with E-state index in [0.717, 1.165) is 5.69 Å². The van der Waals surface area contributed by atoms with Crippen LogP contribution in [0.4, 0.5) is 11.4 Å². The lowest BCUT2D eigenvalue weighted by atomic mass is 9.81. The average molecular weight is 468 g/mol. The second kappa shape index (κ2) is 7.56. The number of benzene rings is 5. The van der Waals surface area contributed by atoms with Crippen molar-refractivity contribution in [3.63, 3.8) is 0 Å². The fraction of sp³-hybridized carbons (Fsp3) is 0.0909. The van der Waals surface area contributed by atoms with Gasteiger partial charge in [0, 0.05) is 26.6 Å². The predicted octanol–water partition coefficient (Wildman–Crippen LogP) is 9.77. The smallest absolute Gasteiger partial charge is 0.0590 e. The van der Waals surface area contributed by atoms with Crippen LogP contribution in [0.25, 0.3) is 42.4 Å². The van der Waals surface area contributed by atoms with E-state index in [1.807, 2.05) is 11.3 Å². The van der Waals surface area contributed by atoms with E-state index in [0.29, 0.717) is 0 Å². The summed E-state index contributed by atoms with van der Waals surface area (Å²) in [5.74, 6) is 0. The molecule has 6 aromatic rings. The molecule has 1 aliphatic rings. The molecule has 0 saturated heterocycles. The van der Waals surface area contributed by atoms with E-state index < -0.39 is 0 Å². The molecule has 7 rings (SSSR count). The van der Waals surface area contributed by atoms with Gasteiger partial charge in [-0.25, -0.2) is 0 Å². The monoisotopic (exact) mass is 467 g/mol. The lowest BCUT2D eigenvalue weighted by molar-refractivity contribution is 0.660. The summed E-state index contributed by atoms with van der Waals surface area (Å²) in [6, 6.07) is 39.7. The molecule has 1 aliphatic carbocycles. The summed E-state index contributed by atoms with van der Waals surface area (Å²) in [5.41, 5.74) is 10.3. The Morgan fingerprint density at radius 2 is 1.40 bits per heavy atom. The quantitative estimate of drug-likeness (QED) is 0.273. The highest BCUT2D eigenvalue weighted by Gasteiger charge is 2.35. The summed E-state index contributed by atoms with van der Waals surface area (Å²) in [7, 11) is 0. The molecule has 0 unspecified atom stereocenters. The molecular formula is C33H25NS. The second-order valence-electron chi connectivity index (χ2n) is 9.92. The molecule has 0 amide bonds. The molecule has 168 valence electrons. The molecule has 0 saturated carbocycles. The first-order chi connectivity index (χ1) is 17.1.